The molecular formula is C24H27BrN6O2. The summed E-state index contributed by atoms with van der Waals surface area (Å²) in [7, 11) is 0. The Morgan fingerprint density at radius 2 is 1.94 bits per heavy atom. The van der Waals surface area contributed by atoms with Gasteiger partial charge in [-0.2, -0.15) is 0 Å². The van der Waals surface area contributed by atoms with Crippen molar-refractivity contribution in [2.24, 2.45) is 5.41 Å². The van der Waals surface area contributed by atoms with E-state index < -0.39 is 17.1 Å². The van der Waals surface area contributed by atoms with Gasteiger partial charge in [-0.05, 0) is 65.9 Å². The summed E-state index contributed by atoms with van der Waals surface area (Å²) in [6, 6.07) is 9.64. The number of nitrogen functional groups attached to an aromatic ring is 2. The van der Waals surface area contributed by atoms with Crippen molar-refractivity contribution in [2.75, 3.05) is 11.5 Å². The molecule has 4 atom stereocenters. The quantitative estimate of drug-likeness (QED) is 0.329. The maximum absolute atomic E-state index is 11.4. The molecule has 1 aromatic carbocycles. The van der Waals surface area contributed by atoms with Crippen molar-refractivity contribution in [1.82, 2.24) is 19.5 Å². The molecular weight excluding hydrogens is 484 g/mol. The van der Waals surface area contributed by atoms with Crippen LogP contribution in [-0.2, 0) is 6.42 Å². The minimum absolute atomic E-state index is 0.327. The molecule has 0 bridgehead atoms. The van der Waals surface area contributed by atoms with Gasteiger partial charge in [-0.1, -0.05) is 19.1 Å². The number of fused-ring (bicyclic) bond motifs is 2. The van der Waals surface area contributed by atoms with Crippen LogP contribution in [0.25, 0.3) is 21.9 Å². The molecule has 4 aromatic rings. The van der Waals surface area contributed by atoms with Crippen LogP contribution in [0, 0.1) is 5.41 Å². The Balaban J connectivity index is 1.42. The van der Waals surface area contributed by atoms with Gasteiger partial charge < -0.3 is 26.2 Å². The number of aliphatic hydroxyl groups is 2. The van der Waals surface area contributed by atoms with Crippen molar-refractivity contribution < 1.29 is 10.2 Å². The monoisotopic (exact) mass is 510 g/mol. The number of benzene rings is 1. The van der Waals surface area contributed by atoms with Gasteiger partial charge in [-0.3, -0.25) is 0 Å². The Hall–Kier alpha value is -2.75. The first-order valence-electron chi connectivity index (χ1n) is 10.9. The molecule has 9 heteroatoms. The number of pyridine rings is 1. The van der Waals surface area contributed by atoms with Crippen LogP contribution < -0.4 is 11.5 Å². The van der Waals surface area contributed by atoms with Crippen molar-refractivity contribution in [3.8, 4) is 0 Å². The highest BCUT2D eigenvalue weighted by atomic mass is 79.9. The Kier molecular flexibility index (Phi) is 5.11. The van der Waals surface area contributed by atoms with Gasteiger partial charge >= 0.3 is 0 Å². The van der Waals surface area contributed by atoms with Crippen molar-refractivity contribution >= 4 is 49.5 Å². The van der Waals surface area contributed by atoms with Crippen molar-refractivity contribution in [1.29, 1.82) is 0 Å². The Labute approximate surface area is 199 Å². The number of aryl methyl sites for hydroxylation is 1. The molecule has 172 valence electrons. The molecule has 0 spiro atoms. The number of aromatic nitrogens is 4. The number of anilines is 2. The molecule has 0 saturated heterocycles. The molecule has 3 aromatic heterocycles. The van der Waals surface area contributed by atoms with Crippen LogP contribution in [0.1, 0.15) is 38.3 Å². The van der Waals surface area contributed by atoms with E-state index in [2.05, 4.69) is 36.9 Å². The molecule has 0 radical (unpaired) electrons. The summed E-state index contributed by atoms with van der Waals surface area (Å²) < 4.78 is 2.69. The van der Waals surface area contributed by atoms with Crippen molar-refractivity contribution in [2.45, 2.75) is 50.9 Å². The van der Waals surface area contributed by atoms with E-state index in [1.165, 1.54) is 6.33 Å². The van der Waals surface area contributed by atoms with Crippen LogP contribution in [0.2, 0.25) is 0 Å². The third kappa shape index (κ3) is 3.46. The summed E-state index contributed by atoms with van der Waals surface area (Å²) >= 11 is 3.42. The molecule has 1 aliphatic rings. The maximum atomic E-state index is 11.4. The van der Waals surface area contributed by atoms with Crippen LogP contribution in [0.3, 0.4) is 0 Å². The highest BCUT2D eigenvalue weighted by molar-refractivity contribution is 9.10. The molecule has 33 heavy (non-hydrogen) atoms. The molecule has 1 unspecified atom stereocenters. The molecule has 6 N–H and O–H groups in total. The zero-order chi connectivity index (χ0) is 23.5. The Bertz CT molecular complexity index is 1370. The number of nitrogens with zero attached hydrogens (tertiary/aromatic N) is 4. The summed E-state index contributed by atoms with van der Waals surface area (Å²) in [6.45, 7) is 3.77. The summed E-state index contributed by atoms with van der Waals surface area (Å²) in [5.41, 5.74) is 12.8. The van der Waals surface area contributed by atoms with E-state index in [1.807, 2.05) is 42.0 Å². The van der Waals surface area contributed by atoms with Crippen LogP contribution in [0.4, 0.5) is 11.6 Å². The normalized spacial score (nSPS) is 27.5. The average molecular weight is 511 g/mol. The predicted molar refractivity (Wildman–Crippen MR) is 133 cm³/mol. The summed E-state index contributed by atoms with van der Waals surface area (Å²) in [6.07, 6.45) is 4.36. The number of hydrogen-bond donors (Lipinski definition) is 4. The maximum Gasteiger partial charge on any atom is 0.145 e. The Morgan fingerprint density at radius 3 is 2.73 bits per heavy atom. The molecule has 1 saturated carbocycles. The number of nitrogens with two attached hydrogens (primary N) is 2. The van der Waals surface area contributed by atoms with Crippen molar-refractivity contribution in [3.05, 3.63) is 52.9 Å². The van der Waals surface area contributed by atoms with E-state index in [-0.39, 0.29) is 6.04 Å². The second-order valence-electron chi connectivity index (χ2n) is 9.53. The van der Waals surface area contributed by atoms with Crippen LogP contribution in [0.15, 0.2) is 47.3 Å². The molecule has 0 aliphatic heterocycles. The third-order valence-electron chi connectivity index (χ3n) is 7.55. The Morgan fingerprint density at radius 1 is 1.15 bits per heavy atom. The smallest absolute Gasteiger partial charge is 0.145 e. The zero-order valence-electron chi connectivity index (χ0n) is 18.5. The number of rotatable bonds is 4. The third-order valence-corrected chi connectivity index (χ3v) is 8.18. The first-order valence-corrected chi connectivity index (χ1v) is 11.7. The minimum atomic E-state index is -1.28. The van der Waals surface area contributed by atoms with Gasteiger partial charge in [0.1, 0.15) is 29.7 Å². The average Bonchev–Trinajstić information content (AvgIpc) is 3.28. The van der Waals surface area contributed by atoms with Gasteiger partial charge in [-0.25, -0.2) is 15.0 Å². The standard InChI is InChI=1S/C24H27BrN6O2/c1-23(7-5-13-3-4-14-10-16(25)21(27)30-17(14)9-13)11-18(19(32)24(23,2)33)31-8-6-15-20(26)28-12-29-22(15)31/h3-4,6,8-10,12,18-19,32-33H,5,7,11H2,1-2H3,(H2,27,30)(H2,26,28,29)/t18-,19+,23?,24+/m1/s1. The first kappa shape index (κ1) is 22.1. The van der Waals surface area contributed by atoms with Gasteiger partial charge in [0.2, 0.25) is 0 Å². The molecule has 1 fully saturated rings. The predicted octanol–water partition coefficient (Wildman–Crippen LogP) is 3.60. The number of halogens is 1. The van der Waals surface area contributed by atoms with E-state index >= 15 is 0 Å². The molecule has 5 rings (SSSR count). The van der Waals surface area contributed by atoms with Gasteiger partial charge in [0, 0.05) is 17.0 Å². The fourth-order valence-corrected chi connectivity index (χ4v) is 5.49. The van der Waals surface area contributed by atoms with Crippen LogP contribution >= 0.6 is 15.9 Å². The minimum Gasteiger partial charge on any atom is -0.388 e. The molecule has 1 aliphatic carbocycles. The highest BCUT2D eigenvalue weighted by Crippen LogP contribution is 2.54. The lowest BCUT2D eigenvalue weighted by Crippen LogP contribution is -2.47. The fraction of sp³-hybridized carbons (Fsp3) is 0.375. The second kappa shape index (κ2) is 7.65. The molecule has 8 nitrogen and oxygen atoms in total. The van der Waals surface area contributed by atoms with Crippen molar-refractivity contribution in [3.63, 3.8) is 0 Å². The molecule has 0 amide bonds. The van der Waals surface area contributed by atoms with E-state index in [0.29, 0.717) is 30.1 Å². The van der Waals surface area contributed by atoms with E-state index in [1.54, 1.807) is 6.92 Å². The first-order chi connectivity index (χ1) is 15.6. The van der Waals surface area contributed by atoms with E-state index in [4.69, 9.17) is 11.5 Å². The fourth-order valence-electron chi connectivity index (χ4n) is 5.15. The number of aliphatic hydroxyl groups excluding tert-OH is 1. The van der Waals surface area contributed by atoms with Gasteiger partial charge in [0.15, 0.2) is 0 Å². The van der Waals surface area contributed by atoms with Crippen LogP contribution in [-0.4, -0.2) is 41.4 Å². The van der Waals surface area contributed by atoms with E-state index in [9.17, 15) is 10.2 Å². The second-order valence-corrected chi connectivity index (χ2v) is 10.4. The summed E-state index contributed by atoms with van der Waals surface area (Å²) in [5.74, 6) is 0.859. The van der Waals surface area contributed by atoms with Gasteiger partial charge in [0.05, 0.1) is 27.0 Å². The SMILES string of the molecule is CC1(CCc2ccc3cc(Br)c(N)nc3c2)C[C@@H](n2ccc3c(N)ncnc32)[C@H](O)[C@]1(C)O. The lowest BCUT2D eigenvalue weighted by Gasteiger charge is -2.38. The largest absolute Gasteiger partial charge is 0.388 e. The lowest BCUT2D eigenvalue weighted by atomic mass is 9.72. The van der Waals surface area contributed by atoms with Gasteiger partial charge in [-0.15, -0.1) is 0 Å². The topological polar surface area (TPSA) is 136 Å². The summed E-state index contributed by atoms with van der Waals surface area (Å²) in [4.78, 5) is 12.9. The number of hydrogen-bond acceptors (Lipinski definition) is 7. The van der Waals surface area contributed by atoms with Gasteiger partial charge in [0.25, 0.3) is 0 Å². The van der Waals surface area contributed by atoms with E-state index in [0.717, 1.165) is 32.7 Å². The van der Waals surface area contributed by atoms with Crippen LogP contribution in [0.5, 0.6) is 0 Å². The highest BCUT2D eigenvalue weighted by Gasteiger charge is 2.58. The lowest BCUT2D eigenvalue weighted by molar-refractivity contribution is -0.110. The molecule has 3 heterocycles. The zero-order valence-corrected chi connectivity index (χ0v) is 20.1. The summed E-state index contributed by atoms with van der Waals surface area (Å²) in [5, 5.41) is 24.4.